The summed E-state index contributed by atoms with van der Waals surface area (Å²) in [6.45, 7) is 2.04. The van der Waals surface area contributed by atoms with Gasteiger partial charge in [-0.3, -0.25) is 9.78 Å². The van der Waals surface area contributed by atoms with Gasteiger partial charge < -0.3 is 15.4 Å². The van der Waals surface area contributed by atoms with Gasteiger partial charge in [0.1, 0.15) is 0 Å². The van der Waals surface area contributed by atoms with Gasteiger partial charge in [-0.1, -0.05) is 24.3 Å². The highest BCUT2D eigenvalue weighted by Crippen LogP contribution is 2.15. The third-order valence-corrected chi connectivity index (χ3v) is 2.96. The van der Waals surface area contributed by atoms with E-state index in [9.17, 15) is 4.79 Å². The predicted octanol–water partition coefficient (Wildman–Crippen LogP) is 1.09. The number of ether oxygens (including phenoxy) is 1. The van der Waals surface area contributed by atoms with Gasteiger partial charge in [0.2, 0.25) is 5.91 Å². The second kappa shape index (κ2) is 7.57. The van der Waals surface area contributed by atoms with Crippen molar-refractivity contribution in [1.29, 1.82) is 0 Å². The average molecular weight is 273 g/mol. The summed E-state index contributed by atoms with van der Waals surface area (Å²) < 4.78 is 4.90. The Morgan fingerprint density at radius 1 is 1.30 bits per heavy atom. The van der Waals surface area contributed by atoms with Crippen molar-refractivity contribution in [1.82, 2.24) is 15.6 Å². The van der Waals surface area contributed by atoms with Crippen molar-refractivity contribution in [2.75, 3.05) is 26.8 Å². The molecule has 0 aliphatic heterocycles. The van der Waals surface area contributed by atoms with Crippen molar-refractivity contribution in [3.63, 3.8) is 0 Å². The van der Waals surface area contributed by atoms with Crippen LogP contribution in [0.3, 0.4) is 0 Å². The minimum Gasteiger partial charge on any atom is -0.383 e. The highest BCUT2D eigenvalue weighted by molar-refractivity contribution is 5.82. The van der Waals surface area contributed by atoms with Gasteiger partial charge in [-0.05, 0) is 11.6 Å². The van der Waals surface area contributed by atoms with Crippen LogP contribution in [-0.4, -0.2) is 37.7 Å². The number of hydrogen-bond donors (Lipinski definition) is 2. The minimum atomic E-state index is -0.0333. The summed E-state index contributed by atoms with van der Waals surface area (Å²) in [6.07, 6.45) is 1.76. The van der Waals surface area contributed by atoms with Crippen molar-refractivity contribution in [3.8, 4) is 0 Å². The smallest absolute Gasteiger partial charge is 0.234 e. The van der Waals surface area contributed by atoms with E-state index in [1.807, 2.05) is 30.3 Å². The Kier molecular flexibility index (Phi) is 5.46. The maximum atomic E-state index is 11.7. The number of rotatable bonds is 7. The Labute approximate surface area is 118 Å². The van der Waals surface area contributed by atoms with Gasteiger partial charge in [-0.25, -0.2) is 0 Å². The average Bonchev–Trinajstić information content (AvgIpc) is 2.49. The van der Waals surface area contributed by atoms with Gasteiger partial charge in [-0.15, -0.1) is 0 Å². The molecular formula is C15H19N3O2. The van der Waals surface area contributed by atoms with Gasteiger partial charge in [-0.2, -0.15) is 0 Å². The number of hydrogen-bond acceptors (Lipinski definition) is 4. The van der Waals surface area contributed by atoms with Crippen LogP contribution in [0, 0.1) is 0 Å². The van der Waals surface area contributed by atoms with E-state index < -0.39 is 0 Å². The van der Waals surface area contributed by atoms with Gasteiger partial charge in [0, 0.05) is 31.8 Å². The van der Waals surface area contributed by atoms with Crippen LogP contribution >= 0.6 is 0 Å². The normalized spacial score (nSPS) is 10.7. The molecule has 2 aromatic rings. The first-order valence-corrected chi connectivity index (χ1v) is 6.60. The lowest BCUT2D eigenvalue weighted by molar-refractivity contribution is -0.120. The molecule has 0 aliphatic rings. The first-order valence-electron chi connectivity index (χ1n) is 6.60. The number of amides is 1. The first kappa shape index (κ1) is 14.4. The third kappa shape index (κ3) is 4.01. The van der Waals surface area contributed by atoms with E-state index in [0.29, 0.717) is 26.2 Å². The topological polar surface area (TPSA) is 63.2 Å². The van der Waals surface area contributed by atoms with Gasteiger partial charge in [0.15, 0.2) is 0 Å². The van der Waals surface area contributed by atoms with Gasteiger partial charge >= 0.3 is 0 Å². The number of carbonyl (C=O) groups is 1. The molecule has 2 N–H and O–H groups in total. The molecule has 0 aliphatic carbocycles. The van der Waals surface area contributed by atoms with Crippen molar-refractivity contribution in [2.24, 2.45) is 0 Å². The molecule has 0 spiro atoms. The maximum absolute atomic E-state index is 11.7. The largest absolute Gasteiger partial charge is 0.383 e. The van der Waals surface area contributed by atoms with Crippen molar-refractivity contribution >= 4 is 16.8 Å². The maximum Gasteiger partial charge on any atom is 0.234 e. The van der Waals surface area contributed by atoms with Crippen LogP contribution in [0.15, 0.2) is 36.5 Å². The molecule has 106 valence electrons. The molecule has 2 rings (SSSR count). The number of nitrogens with one attached hydrogen (secondary N) is 2. The molecule has 1 aromatic heterocycles. The molecule has 0 atom stereocenters. The Hall–Kier alpha value is -1.98. The number of para-hydroxylation sites is 1. The molecular weight excluding hydrogens is 254 g/mol. The number of benzene rings is 1. The van der Waals surface area contributed by atoms with E-state index in [2.05, 4.69) is 15.6 Å². The fourth-order valence-corrected chi connectivity index (χ4v) is 1.94. The van der Waals surface area contributed by atoms with Crippen LogP contribution in [0.2, 0.25) is 0 Å². The van der Waals surface area contributed by atoms with Crippen molar-refractivity contribution < 1.29 is 9.53 Å². The van der Waals surface area contributed by atoms with Crippen LogP contribution in [0.4, 0.5) is 0 Å². The lowest BCUT2D eigenvalue weighted by Crippen LogP contribution is -2.34. The lowest BCUT2D eigenvalue weighted by atomic mass is 10.1. The number of fused-ring (bicyclic) bond motifs is 1. The minimum absolute atomic E-state index is 0.0333. The van der Waals surface area contributed by atoms with Gasteiger partial charge in [0.05, 0.1) is 18.7 Å². The second-order valence-electron chi connectivity index (χ2n) is 4.44. The highest BCUT2D eigenvalue weighted by Gasteiger charge is 2.04. The number of aromatic nitrogens is 1. The van der Waals surface area contributed by atoms with E-state index in [1.165, 1.54) is 0 Å². The van der Waals surface area contributed by atoms with Crippen LogP contribution in [-0.2, 0) is 16.1 Å². The highest BCUT2D eigenvalue weighted by atomic mass is 16.5. The molecule has 5 nitrogen and oxygen atoms in total. The summed E-state index contributed by atoms with van der Waals surface area (Å²) in [4.78, 5) is 16.0. The molecule has 5 heteroatoms. The van der Waals surface area contributed by atoms with Crippen LogP contribution in [0.1, 0.15) is 5.56 Å². The van der Waals surface area contributed by atoms with Crippen LogP contribution in [0.5, 0.6) is 0 Å². The summed E-state index contributed by atoms with van der Waals surface area (Å²) in [6, 6.07) is 9.89. The first-order chi connectivity index (χ1) is 9.81. The molecule has 0 saturated carbocycles. The standard InChI is InChI=1S/C15H19N3O2/c1-20-9-8-16-11-14(19)18-10-13-5-2-4-12-6-3-7-17-15(12)13/h2-7,16H,8-11H2,1H3,(H,18,19). The fraction of sp³-hybridized carbons (Fsp3) is 0.333. The Balaban J connectivity index is 1.88. The molecule has 1 aromatic carbocycles. The molecule has 0 unspecified atom stereocenters. The SMILES string of the molecule is COCCNCC(=O)NCc1cccc2cccnc12. The molecule has 0 saturated heterocycles. The molecule has 20 heavy (non-hydrogen) atoms. The summed E-state index contributed by atoms with van der Waals surface area (Å²) in [5, 5.41) is 6.97. The number of carbonyl (C=O) groups excluding carboxylic acids is 1. The Morgan fingerprint density at radius 3 is 3.00 bits per heavy atom. The quantitative estimate of drug-likeness (QED) is 0.741. The zero-order valence-corrected chi connectivity index (χ0v) is 11.6. The summed E-state index contributed by atoms with van der Waals surface area (Å²) in [7, 11) is 1.63. The molecule has 1 heterocycles. The van der Waals surface area contributed by atoms with E-state index >= 15 is 0 Å². The second-order valence-corrected chi connectivity index (χ2v) is 4.44. The van der Waals surface area contributed by atoms with Crippen LogP contribution in [0.25, 0.3) is 10.9 Å². The van der Waals surface area contributed by atoms with E-state index in [0.717, 1.165) is 16.5 Å². The molecule has 1 amide bonds. The molecule has 0 radical (unpaired) electrons. The summed E-state index contributed by atoms with van der Waals surface area (Å²) in [5.41, 5.74) is 1.95. The molecule has 0 fully saturated rings. The van der Waals surface area contributed by atoms with Crippen LogP contribution < -0.4 is 10.6 Å². The summed E-state index contributed by atoms with van der Waals surface area (Å²) in [5.74, 6) is -0.0333. The zero-order chi connectivity index (χ0) is 14.2. The van der Waals surface area contributed by atoms with E-state index in [1.54, 1.807) is 13.3 Å². The number of methoxy groups -OCH3 is 1. The fourth-order valence-electron chi connectivity index (χ4n) is 1.94. The predicted molar refractivity (Wildman–Crippen MR) is 78.3 cm³/mol. The zero-order valence-electron chi connectivity index (χ0n) is 11.6. The third-order valence-electron chi connectivity index (χ3n) is 2.96. The Bertz CT molecular complexity index is 567. The summed E-state index contributed by atoms with van der Waals surface area (Å²) >= 11 is 0. The van der Waals surface area contributed by atoms with Crippen molar-refractivity contribution in [3.05, 3.63) is 42.1 Å². The van der Waals surface area contributed by atoms with Crippen molar-refractivity contribution in [2.45, 2.75) is 6.54 Å². The monoisotopic (exact) mass is 273 g/mol. The molecule has 0 bridgehead atoms. The lowest BCUT2D eigenvalue weighted by Gasteiger charge is -2.08. The van der Waals surface area contributed by atoms with E-state index in [-0.39, 0.29) is 5.91 Å². The Morgan fingerprint density at radius 2 is 2.15 bits per heavy atom. The number of nitrogens with zero attached hydrogens (tertiary/aromatic N) is 1. The van der Waals surface area contributed by atoms with E-state index in [4.69, 9.17) is 4.74 Å². The van der Waals surface area contributed by atoms with Gasteiger partial charge in [0.25, 0.3) is 0 Å². The number of pyridine rings is 1.